The molecule has 0 saturated heterocycles. The Labute approximate surface area is 196 Å². The van der Waals surface area contributed by atoms with E-state index in [-0.39, 0.29) is 17.3 Å². The maximum Gasteiger partial charge on any atom is 0.244 e. The Morgan fingerprint density at radius 3 is 2.58 bits per heavy atom. The van der Waals surface area contributed by atoms with Gasteiger partial charge in [0, 0.05) is 43.9 Å². The van der Waals surface area contributed by atoms with E-state index in [1.165, 1.54) is 49.8 Å². The molecule has 0 aliphatic heterocycles. The Bertz CT molecular complexity index is 1200. The van der Waals surface area contributed by atoms with Gasteiger partial charge in [-0.25, -0.2) is 13.4 Å². The minimum absolute atomic E-state index is 0.0235. The van der Waals surface area contributed by atoms with E-state index in [4.69, 9.17) is 0 Å². The maximum absolute atomic E-state index is 12.5. The molecule has 0 atom stereocenters. The summed E-state index contributed by atoms with van der Waals surface area (Å²) in [5.41, 5.74) is 2.79. The number of aryl methyl sites for hydroxylation is 1. The molecule has 0 radical (unpaired) electrons. The lowest BCUT2D eigenvalue weighted by atomic mass is 10.1. The molecule has 1 aromatic carbocycles. The number of benzene rings is 1. The Balaban J connectivity index is 1.55. The zero-order valence-corrected chi connectivity index (χ0v) is 19.9. The fourth-order valence-corrected chi connectivity index (χ4v) is 4.82. The predicted octanol–water partition coefficient (Wildman–Crippen LogP) is 2.53. The second kappa shape index (κ2) is 11.1. The summed E-state index contributed by atoms with van der Waals surface area (Å²) in [6.07, 6.45) is 4.43. The molecular formula is C22H25N5O4S2. The van der Waals surface area contributed by atoms with Crippen LogP contribution < -0.4 is 10.6 Å². The van der Waals surface area contributed by atoms with Crippen LogP contribution in [0.15, 0.2) is 59.1 Å². The molecule has 0 saturated carbocycles. The van der Waals surface area contributed by atoms with E-state index in [9.17, 15) is 18.0 Å². The van der Waals surface area contributed by atoms with Crippen LogP contribution in [0.2, 0.25) is 0 Å². The third kappa shape index (κ3) is 6.91. The SMILES string of the molecule is CC(=O)NCCCc1ccc(-c2csc(NC(=O)CN(C)S(=O)(=O)c3cccnc3)n2)cc1. The number of likely N-dealkylation sites (N-methyl/N-ethyl adjacent to an activating group) is 1. The summed E-state index contributed by atoms with van der Waals surface area (Å²) in [6.45, 7) is 1.80. The highest BCUT2D eigenvalue weighted by molar-refractivity contribution is 7.89. The van der Waals surface area contributed by atoms with Crippen LogP contribution >= 0.6 is 11.3 Å². The number of carbonyl (C=O) groups is 2. The number of nitrogens with one attached hydrogen (secondary N) is 2. The second-order valence-corrected chi connectivity index (χ2v) is 10.2. The third-order valence-corrected chi connectivity index (χ3v) is 7.27. The molecule has 0 fully saturated rings. The molecule has 0 bridgehead atoms. The van der Waals surface area contributed by atoms with Gasteiger partial charge < -0.3 is 10.6 Å². The van der Waals surface area contributed by atoms with E-state index >= 15 is 0 Å². The molecule has 2 N–H and O–H groups in total. The largest absolute Gasteiger partial charge is 0.356 e. The Kier molecular flexibility index (Phi) is 8.26. The molecular weight excluding hydrogens is 462 g/mol. The molecule has 33 heavy (non-hydrogen) atoms. The van der Waals surface area contributed by atoms with Gasteiger partial charge in [-0.1, -0.05) is 24.3 Å². The lowest BCUT2D eigenvalue weighted by Crippen LogP contribution is -2.35. The zero-order chi connectivity index (χ0) is 23.8. The molecule has 174 valence electrons. The van der Waals surface area contributed by atoms with Gasteiger partial charge in [-0.15, -0.1) is 11.3 Å². The highest BCUT2D eigenvalue weighted by Gasteiger charge is 2.23. The first-order valence-corrected chi connectivity index (χ1v) is 12.5. The smallest absolute Gasteiger partial charge is 0.244 e. The third-order valence-electron chi connectivity index (χ3n) is 4.73. The first kappa shape index (κ1) is 24.5. The van der Waals surface area contributed by atoms with Crippen LogP contribution in [0.4, 0.5) is 5.13 Å². The van der Waals surface area contributed by atoms with Crippen molar-refractivity contribution >= 4 is 38.3 Å². The molecule has 2 amide bonds. The molecule has 0 spiro atoms. The zero-order valence-electron chi connectivity index (χ0n) is 18.3. The summed E-state index contributed by atoms with van der Waals surface area (Å²) in [4.78, 5) is 31.5. The van der Waals surface area contributed by atoms with E-state index in [1.54, 1.807) is 0 Å². The number of anilines is 1. The number of thiazole rings is 1. The number of carbonyl (C=O) groups excluding carboxylic acids is 2. The molecule has 0 aliphatic rings. The quantitative estimate of drug-likeness (QED) is 0.424. The van der Waals surface area contributed by atoms with E-state index in [2.05, 4.69) is 20.6 Å². The topological polar surface area (TPSA) is 121 Å². The Morgan fingerprint density at radius 2 is 1.91 bits per heavy atom. The van der Waals surface area contributed by atoms with Gasteiger partial charge in [0.1, 0.15) is 4.90 Å². The summed E-state index contributed by atoms with van der Waals surface area (Å²) in [5, 5.41) is 7.65. The normalized spacial score (nSPS) is 11.4. The highest BCUT2D eigenvalue weighted by Crippen LogP contribution is 2.25. The molecule has 2 aromatic heterocycles. The van der Waals surface area contributed by atoms with Gasteiger partial charge in [0.25, 0.3) is 0 Å². The van der Waals surface area contributed by atoms with Crippen molar-refractivity contribution in [3.8, 4) is 11.3 Å². The maximum atomic E-state index is 12.5. The number of aromatic nitrogens is 2. The standard InChI is InChI=1S/C22H25N5O4S2/c1-16(28)24-12-3-5-17-7-9-18(10-8-17)20-15-32-22(25-20)26-21(29)14-27(2)33(30,31)19-6-4-11-23-13-19/h4,6-11,13,15H,3,5,12,14H2,1-2H3,(H,24,28)(H,25,26,29). The monoisotopic (exact) mass is 487 g/mol. The molecule has 9 nitrogen and oxygen atoms in total. The van der Waals surface area contributed by atoms with Crippen LogP contribution in [-0.4, -0.2) is 54.6 Å². The number of hydrogen-bond acceptors (Lipinski definition) is 7. The van der Waals surface area contributed by atoms with Crippen molar-refractivity contribution in [1.29, 1.82) is 0 Å². The van der Waals surface area contributed by atoms with E-state index in [0.29, 0.717) is 11.7 Å². The van der Waals surface area contributed by atoms with Crippen molar-refractivity contribution in [2.75, 3.05) is 25.5 Å². The molecule has 0 unspecified atom stereocenters. The molecule has 3 aromatic rings. The van der Waals surface area contributed by atoms with Gasteiger partial charge >= 0.3 is 0 Å². The Hall–Kier alpha value is -3.15. The predicted molar refractivity (Wildman–Crippen MR) is 127 cm³/mol. The van der Waals surface area contributed by atoms with E-state index in [1.807, 2.05) is 29.6 Å². The lowest BCUT2D eigenvalue weighted by Gasteiger charge is -2.16. The molecule has 3 rings (SSSR count). The van der Waals surface area contributed by atoms with Gasteiger partial charge in [0.15, 0.2) is 5.13 Å². The van der Waals surface area contributed by atoms with Crippen LogP contribution in [0.25, 0.3) is 11.3 Å². The highest BCUT2D eigenvalue weighted by atomic mass is 32.2. The van der Waals surface area contributed by atoms with E-state index in [0.717, 1.165) is 34.0 Å². The summed E-state index contributed by atoms with van der Waals surface area (Å²) in [6, 6.07) is 10.9. The number of amides is 2. The molecule has 0 aliphatic carbocycles. The minimum Gasteiger partial charge on any atom is -0.356 e. The van der Waals surface area contributed by atoms with Gasteiger partial charge in [0.05, 0.1) is 12.2 Å². The van der Waals surface area contributed by atoms with Crippen LogP contribution in [0.1, 0.15) is 18.9 Å². The number of rotatable bonds is 10. The summed E-state index contributed by atoms with van der Waals surface area (Å²) < 4.78 is 26.0. The number of nitrogens with zero attached hydrogens (tertiary/aromatic N) is 3. The van der Waals surface area contributed by atoms with Crippen LogP contribution in [0.5, 0.6) is 0 Å². The average molecular weight is 488 g/mol. The van der Waals surface area contributed by atoms with Crippen LogP contribution in [0.3, 0.4) is 0 Å². The second-order valence-electron chi connectivity index (χ2n) is 7.32. The molecule has 2 heterocycles. The van der Waals surface area contributed by atoms with Crippen molar-refractivity contribution in [3.63, 3.8) is 0 Å². The summed E-state index contributed by atoms with van der Waals surface area (Å²) >= 11 is 1.27. The fraction of sp³-hybridized carbons (Fsp3) is 0.273. The van der Waals surface area contributed by atoms with Crippen LogP contribution in [0, 0.1) is 0 Å². The number of sulfonamides is 1. The van der Waals surface area contributed by atoms with Gasteiger partial charge in [-0.2, -0.15) is 4.31 Å². The average Bonchev–Trinajstić information content (AvgIpc) is 3.25. The van der Waals surface area contributed by atoms with Gasteiger partial charge in [-0.05, 0) is 30.5 Å². The van der Waals surface area contributed by atoms with Crippen molar-refractivity contribution in [2.24, 2.45) is 0 Å². The van der Waals surface area contributed by atoms with E-state index < -0.39 is 15.9 Å². The van der Waals surface area contributed by atoms with Crippen molar-refractivity contribution in [2.45, 2.75) is 24.7 Å². The minimum atomic E-state index is -3.81. The summed E-state index contributed by atoms with van der Waals surface area (Å²) in [5.74, 6) is -0.515. The van der Waals surface area contributed by atoms with Crippen molar-refractivity contribution < 1.29 is 18.0 Å². The van der Waals surface area contributed by atoms with Crippen molar-refractivity contribution in [3.05, 3.63) is 59.7 Å². The van der Waals surface area contributed by atoms with Gasteiger partial charge in [0.2, 0.25) is 21.8 Å². The lowest BCUT2D eigenvalue weighted by molar-refractivity contribution is -0.119. The first-order valence-electron chi connectivity index (χ1n) is 10.2. The van der Waals surface area contributed by atoms with Crippen LogP contribution in [-0.2, 0) is 26.0 Å². The first-order chi connectivity index (χ1) is 15.8. The number of hydrogen-bond donors (Lipinski definition) is 2. The van der Waals surface area contributed by atoms with Gasteiger partial charge in [-0.3, -0.25) is 14.6 Å². The summed E-state index contributed by atoms with van der Waals surface area (Å²) in [7, 11) is -2.47. The number of pyridine rings is 1. The van der Waals surface area contributed by atoms with Crippen molar-refractivity contribution in [1.82, 2.24) is 19.6 Å². The fourth-order valence-electron chi connectivity index (χ4n) is 2.99. The molecule has 11 heteroatoms. The Morgan fingerprint density at radius 1 is 1.15 bits per heavy atom.